The second kappa shape index (κ2) is 5.84. The van der Waals surface area contributed by atoms with Gasteiger partial charge in [-0.2, -0.15) is 5.26 Å². The van der Waals surface area contributed by atoms with Crippen molar-refractivity contribution in [3.63, 3.8) is 0 Å². The molecular formula is C14H12BrN3O2S. The highest BCUT2D eigenvalue weighted by Crippen LogP contribution is 2.22. The van der Waals surface area contributed by atoms with E-state index in [1.807, 2.05) is 6.07 Å². The summed E-state index contributed by atoms with van der Waals surface area (Å²) in [7, 11) is -3.74. The minimum absolute atomic E-state index is 0.130. The number of rotatable bonds is 3. The number of nitrogens with one attached hydrogen (secondary N) is 1. The Morgan fingerprint density at radius 3 is 2.52 bits per heavy atom. The number of nitrogens with zero attached hydrogens (tertiary/aromatic N) is 2. The van der Waals surface area contributed by atoms with E-state index in [1.54, 1.807) is 19.9 Å². The van der Waals surface area contributed by atoms with Crippen LogP contribution in [-0.4, -0.2) is 13.4 Å². The summed E-state index contributed by atoms with van der Waals surface area (Å²) in [5.41, 5.74) is 1.64. The number of halogens is 1. The topological polar surface area (TPSA) is 82.8 Å². The molecule has 0 aliphatic carbocycles. The third-order valence-corrected chi connectivity index (χ3v) is 4.80. The zero-order valence-electron chi connectivity index (χ0n) is 11.4. The average Bonchev–Trinajstić information content (AvgIpc) is 2.41. The minimum atomic E-state index is -3.74. The molecular weight excluding hydrogens is 354 g/mol. The summed E-state index contributed by atoms with van der Waals surface area (Å²) in [6.45, 7) is 3.42. The van der Waals surface area contributed by atoms with Crippen molar-refractivity contribution >= 4 is 31.8 Å². The maximum atomic E-state index is 12.4. The summed E-state index contributed by atoms with van der Waals surface area (Å²) in [5.74, 6) is 0.280. The van der Waals surface area contributed by atoms with Gasteiger partial charge in [-0.05, 0) is 65.2 Å². The van der Waals surface area contributed by atoms with E-state index in [1.165, 1.54) is 24.4 Å². The van der Waals surface area contributed by atoms with Crippen LogP contribution >= 0.6 is 15.9 Å². The lowest BCUT2D eigenvalue weighted by atomic mass is 10.2. The van der Waals surface area contributed by atoms with Crippen molar-refractivity contribution in [3.05, 3.63) is 51.6 Å². The number of sulfonamides is 1. The van der Waals surface area contributed by atoms with Crippen molar-refractivity contribution in [2.45, 2.75) is 18.7 Å². The highest BCUT2D eigenvalue weighted by Gasteiger charge is 2.18. The van der Waals surface area contributed by atoms with Crippen LogP contribution in [0, 0.1) is 25.2 Å². The molecule has 0 aliphatic rings. The second-order valence-corrected chi connectivity index (χ2v) is 7.08. The Balaban J connectivity index is 2.41. The molecule has 2 rings (SSSR count). The number of hydrogen-bond acceptors (Lipinski definition) is 4. The van der Waals surface area contributed by atoms with Crippen LogP contribution in [0.2, 0.25) is 0 Å². The van der Waals surface area contributed by atoms with Crippen LogP contribution in [0.5, 0.6) is 0 Å². The second-order valence-electron chi connectivity index (χ2n) is 4.52. The first-order valence-electron chi connectivity index (χ1n) is 5.99. The Morgan fingerprint density at radius 2 is 1.95 bits per heavy atom. The Morgan fingerprint density at radius 1 is 1.24 bits per heavy atom. The van der Waals surface area contributed by atoms with Crippen LogP contribution in [0.25, 0.3) is 0 Å². The molecule has 5 nitrogen and oxygen atoms in total. The smallest absolute Gasteiger partial charge is 0.263 e. The molecule has 1 N–H and O–H groups in total. The molecule has 0 radical (unpaired) electrons. The monoisotopic (exact) mass is 365 g/mol. The van der Waals surface area contributed by atoms with E-state index in [0.29, 0.717) is 16.7 Å². The lowest BCUT2D eigenvalue weighted by Gasteiger charge is -2.11. The number of benzene rings is 1. The normalized spacial score (nSPS) is 11.0. The average molecular weight is 366 g/mol. The summed E-state index contributed by atoms with van der Waals surface area (Å²) >= 11 is 3.28. The van der Waals surface area contributed by atoms with Crippen LogP contribution < -0.4 is 4.72 Å². The van der Waals surface area contributed by atoms with Gasteiger partial charge in [-0.1, -0.05) is 0 Å². The van der Waals surface area contributed by atoms with Crippen LogP contribution in [0.15, 0.2) is 39.8 Å². The Labute approximate surface area is 131 Å². The fraction of sp³-hybridized carbons (Fsp3) is 0.143. The van der Waals surface area contributed by atoms with Gasteiger partial charge in [0.25, 0.3) is 10.0 Å². The summed E-state index contributed by atoms with van der Waals surface area (Å²) in [6, 6.07) is 8.19. The number of pyridine rings is 1. The Kier molecular flexibility index (Phi) is 4.30. The first kappa shape index (κ1) is 15.5. The van der Waals surface area contributed by atoms with Gasteiger partial charge in [-0.15, -0.1) is 0 Å². The molecule has 1 heterocycles. The maximum absolute atomic E-state index is 12.4. The van der Waals surface area contributed by atoms with E-state index in [4.69, 9.17) is 5.26 Å². The molecule has 0 fully saturated rings. The first-order valence-corrected chi connectivity index (χ1v) is 8.27. The van der Waals surface area contributed by atoms with Gasteiger partial charge in [0.15, 0.2) is 0 Å². The number of nitriles is 1. The summed E-state index contributed by atoms with van der Waals surface area (Å²) in [5, 5.41) is 8.82. The fourth-order valence-electron chi connectivity index (χ4n) is 1.85. The molecule has 21 heavy (non-hydrogen) atoms. The van der Waals surface area contributed by atoms with Gasteiger partial charge in [-0.3, -0.25) is 4.72 Å². The summed E-state index contributed by atoms with van der Waals surface area (Å²) < 4.78 is 28.1. The van der Waals surface area contributed by atoms with E-state index in [-0.39, 0.29) is 10.7 Å². The van der Waals surface area contributed by atoms with Crippen molar-refractivity contribution in [2.24, 2.45) is 0 Å². The largest absolute Gasteiger partial charge is 0.263 e. The molecule has 0 saturated carbocycles. The van der Waals surface area contributed by atoms with Crippen molar-refractivity contribution in [2.75, 3.05) is 4.72 Å². The third kappa shape index (κ3) is 3.40. The molecule has 1 aromatic carbocycles. The molecule has 0 unspecified atom stereocenters. The van der Waals surface area contributed by atoms with Crippen molar-refractivity contribution < 1.29 is 8.42 Å². The molecule has 1 aromatic heterocycles. The highest BCUT2D eigenvalue weighted by atomic mass is 79.9. The highest BCUT2D eigenvalue weighted by molar-refractivity contribution is 9.10. The standard InChI is InChI=1S/C14H12BrN3O2S/c1-9-5-11(7-16)3-4-13(9)21(19,20)18-14-10(2)6-12(15)8-17-14/h3-6,8H,1-2H3,(H,17,18). The van der Waals surface area contributed by atoms with Gasteiger partial charge in [0.2, 0.25) is 0 Å². The SMILES string of the molecule is Cc1cc(C#N)ccc1S(=O)(=O)Nc1ncc(Br)cc1C. The van der Waals surface area contributed by atoms with Gasteiger partial charge in [-0.25, -0.2) is 13.4 Å². The van der Waals surface area contributed by atoms with Gasteiger partial charge in [0.05, 0.1) is 16.5 Å². The van der Waals surface area contributed by atoms with E-state index >= 15 is 0 Å². The summed E-state index contributed by atoms with van der Waals surface area (Å²) in [4.78, 5) is 4.19. The zero-order valence-corrected chi connectivity index (χ0v) is 13.8. The number of aromatic nitrogens is 1. The van der Waals surface area contributed by atoms with Gasteiger partial charge in [0, 0.05) is 10.7 Å². The van der Waals surface area contributed by atoms with Crippen LogP contribution in [0.3, 0.4) is 0 Å². The van der Waals surface area contributed by atoms with Crippen molar-refractivity contribution in [3.8, 4) is 6.07 Å². The maximum Gasteiger partial charge on any atom is 0.263 e. The van der Waals surface area contributed by atoms with Gasteiger partial charge < -0.3 is 0 Å². The minimum Gasteiger partial charge on any atom is -0.263 e. The van der Waals surface area contributed by atoms with Crippen LogP contribution in [-0.2, 0) is 10.0 Å². The third-order valence-electron chi connectivity index (χ3n) is 2.87. The van der Waals surface area contributed by atoms with Crippen molar-refractivity contribution in [1.29, 1.82) is 5.26 Å². The van der Waals surface area contributed by atoms with E-state index in [9.17, 15) is 8.42 Å². The predicted octanol–water partition coefficient (Wildman–Crippen LogP) is 3.13. The number of anilines is 1. The molecule has 0 spiro atoms. The van der Waals surface area contributed by atoms with E-state index < -0.39 is 10.0 Å². The molecule has 0 amide bonds. The molecule has 108 valence electrons. The molecule has 7 heteroatoms. The lowest BCUT2D eigenvalue weighted by molar-refractivity contribution is 0.600. The molecule has 0 aliphatic heterocycles. The molecule has 0 saturated heterocycles. The predicted molar refractivity (Wildman–Crippen MR) is 83.4 cm³/mol. The van der Waals surface area contributed by atoms with Crippen LogP contribution in [0.1, 0.15) is 16.7 Å². The fourth-order valence-corrected chi connectivity index (χ4v) is 3.60. The van der Waals surface area contributed by atoms with Crippen molar-refractivity contribution in [1.82, 2.24) is 4.98 Å². The van der Waals surface area contributed by atoms with E-state index in [0.717, 1.165) is 4.47 Å². The van der Waals surface area contributed by atoms with Gasteiger partial charge in [0.1, 0.15) is 5.82 Å². The molecule has 2 aromatic rings. The summed E-state index contributed by atoms with van der Waals surface area (Å²) in [6.07, 6.45) is 1.52. The molecule has 0 atom stereocenters. The zero-order chi connectivity index (χ0) is 15.6. The van der Waals surface area contributed by atoms with Crippen LogP contribution in [0.4, 0.5) is 5.82 Å². The Bertz CT molecular complexity index is 842. The first-order chi connectivity index (χ1) is 9.83. The van der Waals surface area contributed by atoms with Gasteiger partial charge >= 0.3 is 0 Å². The number of hydrogen-bond donors (Lipinski definition) is 1. The quantitative estimate of drug-likeness (QED) is 0.905. The molecule has 0 bridgehead atoms. The lowest BCUT2D eigenvalue weighted by Crippen LogP contribution is -2.16. The number of aryl methyl sites for hydroxylation is 2. The van der Waals surface area contributed by atoms with E-state index in [2.05, 4.69) is 25.6 Å². The Hall–Kier alpha value is -1.91.